The van der Waals surface area contributed by atoms with Crippen LogP contribution >= 0.6 is 15.9 Å². The van der Waals surface area contributed by atoms with Gasteiger partial charge in [0.2, 0.25) is 0 Å². The van der Waals surface area contributed by atoms with Crippen molar-refractivity contribution < 1.29 is 9.53 Å². The fourth-order valence-electron chi connectivity index (χ4n) is 2.55. The number of ether oxygens (including phenoxy) is 1. The summed E-state index contributed by atoms with van der Waals surface area (Å²) in [6.45, 7) is 3.28. The summed E-state index contributed by atoms with van der Waals surface area (Å²) in [4.78, 5) is 18.7. The molecule has 0 spiro atoms. The van der Waals surface area contributed by atoms with Crippen LogP contribution in [-0.4, -0.2) is 31.8 Å². The van der Waals surface area contributed by atoms with Crippen LogP contribution in [-0.2, 0) is 16.1 Å². The molecular formula is C21H24BrN3O2. The minimum atomic E-state index is -0.217. The van der Waals surface area contributed by atoms with Gasteiger partial charge in [0.15, 0.2) is 0 Å². The number of carbonyl (C=O) groups excluding carboxylic acids is 1. The van der Waals surface area contributed by atoms with Crippen LogP contribution in [0.3, 0.4) is 0 Å². The molecule has 0 aliphatic heterocycles. The molecule has 5 nitrogen and oxygen atoms in total. The second kappa shape index (κ2) is 10.6. The van der Waals surface area contributed by atoms with Crippen LogP contribution in [0.2, 0.25) is 0 Å². The summed E-state index contributed by atoms with van der Waals surface area (Å²) >= 11 is 3.43. The molecule has 6 heteroatoms. The van der Waals surface area contributed by atoms with Crippen LogP contribution in [0.25, 0.3) is 0 Å². The predicted molar refractivity (Wildman–Crippen MR) is 114 cm³/mol. The number of nitrogens with two attached hydrogens (primary N) is 1. The van der Waals surface area contributed by atoms with Gasteiger partial charge in [-0.15, -0.1) is 0 Å². The van der Waals surface area contributed by atoms with E-state index in [0.717, 1.165) is 21.3 Å². The Morgan fingerprint density at radius 3 is 2.67 bits per heavy atom. The lowest BCUT2D eigenvalue weighted by atomic mass is 10.1. The maximum absolute atomic E-state index is 12.8. The third-order valence-corrected chi connectivity index (χ3v) is 4.42. The average Bonchev–Trinajstić information content (AvgIpc) is 2.66. The Morgan fingerprint density at radius 2 is 2.00 bits per heavy atom. The van der Waals surface area contributed by atoms with Crippen LogP contribution in [0.5, 0.6) is 0 Å². The topological polar surface area (TPSA) is 67.9 Å². The number of aliphatic imine (C=N–C) groups is 1. The van der Waals surface area contributed by atoms with E-state index in [9.17, 15) is 4.79 Å². The Bertz CT molecular complexity index is 819. The normalized spacial score (nSPS) is 11.7. The highest BCUT2D eigenvalue weighted by Gasteiger charge is 2.17. The number of nitrogens with zero attached hydrogens (tertiary/aromatic N) is 2. The highest BCUT2D eigenvalue weighted by atomic mass is 79.9. The quantitative estimate of drug-likeness (QED) is 0.511. The first-order valence-electron chi connectivity index (χ1n) is 8.61. The first-order valence-corrected chi connectivity index (χ1v) is 9.41. The van der Waals surface area contributed by atoms with Gasteiger partial charge in [0, 0.05) is 17.2 Å². The summed E-state index contributed by atoms with van der Waals surface area (Å²) in [5.74, 6) is -0.217. The summed E-state index contributed by atoms with van der Waals surface area (Å²) in [5.41, 5.74) is 8.70. The number of anilines is 1. The van der Waals surface area contributed by atoms with Gasteiger partial charge in [-0.05, 0) is 48.5 Å². The van der Waals surface area contributed by atoms with E-state index in [4.69, 9.17) is 10.5 Å². The Labute approximate surface area is 168 Å². The number of aryl methyl sites for hydroxylation is 1. The summed E-state index contributed by atoms with van der Waals surface area (Å²) in [6, 6.07) is 15.7. The van der Waals surface area contributed by atoms with E-state index in [-0.39, 0.29) is 5.91 Å². The molecule has 0 heterocycles. The minimum Gasteiger partial charge on any atom is -0.405 e. The molecule has 1 amide bonds. The van der Waals surface area contributed by atoms with Gasteiger partial charge in [0.25, 0.3) is 5.91 Å². The monoisotopic (exact) mass is 429 g/mol. The Morgan fingerprint density at radius 1 is 1.26 bits per heavy atom. The number of hydrogen-bond donors (Lipinski definition) is 1. The standard InChI is InChI=1S/C21H24BrN3O2/c1-16-14-18(22)8-9-20(16)25(2)21(26)19(10-11-23)24-12-13-27-15-17-6-4-3-5-7-17/h3-11,14H,12-13,15,23H2,1-2H3. The molecule has 0 fully saturated rings. The third-order valence-electron chi connectivity index (χ3n) is 3.93. The van der Waals surface area contributed by atoms with Gasteiger partial charge in [-0.3, -0.25) is 9.79 Å². The number of benzene rings is 2. The molecule has 0 bridgehead atoms. The van der Waals surface area contributed by atoms with Crippen LogP contribution in [0, 0.1) is 6.92 Å². The molecule has 0 aliphatic carbocycles. The van der Waals surface area contributed by atoms with Crippen molar-refractivity contribution in [1.29, 1.82) is 0 Å². The lowest BCUT2D eigenvalue weighted by Gasteiger charge is -2.20. The number of carbonyl (C=O) groups is 1. The SMILES string of the molecule is Cc1cc(Br)ccc1N(C)C(=O)C(C=CN)=NCCOCc1ccccc1. The third kappa shape index (κ3) is 6.34. The molecule has 0 radical (unpaired) electrons. The second-order valence-corrected chi connectivity index (χ2v) is 6.87. The van der Waals surface area contributed by atoms with Crippen molar-refractivity contribution in [2.75, 3.05) is 25.1 Å². The maximum atomic E-state index is 12.8. The van der Waals surface area contributed by atoms with Crippen molar-refractivity contribution in [1.82, 2.24) is 0 Å². The van der Waals surface area contributed by atoms with Crippen molar-refractivity contribution in [3.63, 3.8) is 0 Å². The largest absolute Gasteiger partial charge is 0.405 e. The van der Waals surface area contributed by atoms with Crippen molar-refractivity contribution in [3.05, 3.63) is 76.4 Å². The molecule has 2 aromatic rings. The van der Waals surface area contributed by atoms with Gasteiger partial charge in [-0.25, -0.2) is 0 Å². The van der Waals surface area contributed by atoms with E-state index in [1.807, 2.05) is 55.5 Å². The van der Waals surface area contributed by atoms with E-state index in [1.165, 1.54) is 12.3 Å². The van der Waals surface area contributed by atoms with Crippen molar-refractivity contribution >= 4 is 33.2 Å². The minimum absolute atomic E-state index is 0.217. The van der Waals surface area contributed by atoms with Crippen molar-refractivity contribution in [2.24, 2.45) is 10.7 Å². The van der Waals surface area contributed by atoms with Gasteiger partial charge >= 0.3 is 0 Å². The van der Waals surface area contributed by atoms with E-state index < -0.39 is 0 Å². The Kier molecular flexibility index (Phi) is 8.23. The molecule has 27 heavy (non-hydrogen) atoms. The number of halogens is 1. The van der Waals surface area contributed by atoms with Gasteiger partial charge in [0.05, 0.1) is 19.8 Å². The average molecular weight is 430 g/mol. The van der Waals surface area contributed by atoms with Gasteiger partial charge in [-0.2, -0.15) is 0 Å². The number of rotatable bonds is 8. The fraction of sp³-hybridized carbons (Fsp3) is 0.238. The zero-order valence-corrected chi connectivity index (χ0v) is 17.1. The molecule has 2 N–H and O–H groups in total. The van der Waals surface area contributed by atoms with Crippen molar-refractivity contribution in [3.8, 4) is 0 Å². The number of hydrogen-bond acceptors (Lipinski definition) is 4. The highest BCUT2D eigenvalue weighted by molar-refractivity contribution is 9.10. The summed E-state index contributed by atoms with van der Waals surface area (Å²) < 4.78 is 6.58. The molecule has 0 unspecified atom stereocenters. The van der Waals surface area contributed by atoms with Crippen LogP contribution in [0.4, 0.5) is 5.69 Å². The molecular weight excluding hydrogens is 406 g/mol. The molecule has 0 saturated carbocycles. The maximum Gasteiger partial charge on any atom is 0.276 e. The molecule has 0 atom stereocenters. The van der Waals surface area contributed by atoms with Crippen molar-refractivity contribution in [2.45, 2.75) is 13.5 Å². The van der Waals surface area contributed by atoms with E-state index in [2.05, 4.69) is 20.9 Å². The molecule has 0 saturated heterocycles. The first kappa shape index (κ1) is 20.9. The molecule has 2 aromatic carbocycles. The highest BCUT2D eigenvalue weighted by Crippen LogP contribution is 2.23. The summed E-state index contributed by atoms with van der Waals surface area (Å²) in [6.07, 6.45) is 2.84. The smallest absolute Gasteiger partial charge is 0.276 e. The van der Waals surface area contributed by atoms with Gasteiger partial charge in [-0.1, -0.05) is 46.3 Å². The molecule has 2 rings (SSSR count). The number of amides is 1. The lowest BCUT2D eigenvalue weighted by Crippen LogP contribution is -2.33. The summed E-state index contributed by atoms with van der Waals surface area (Å²) in [5, 5.41) is 0. The Balaban J connectivity index is 1.97. The van der Waals surface area contributed by atoms with E-state index in [1.54, 1.807) is 11.9 Å². The zero-order valence-electron chi connectivity index (χ0n) is 15.6. The second-order valence-electron chi connectivity index (χ2n) is 5.96. The molecule has 142 valence electrons. The van der Waals surface area contributed by atoms with Crippen LogP contribution < -0.4 is 10.6 Å². The zero-order chi connectivity index (χ0) is 19.6. The fourth-order valence-corrected chi connectivity index (χ4v) is 3.03. The Hall–Kier alpha value is -2.44. The van der Waals surface area contributed by atoms with Gasteiger partial charge < -0.3 is 15.4 Å². The lowest BCUT2D eigenvalue weighted by molar-refractivity contribution is -0.112. The molecule has 0 aliphatic rings. The van der Waals surface area contributed by atoms with Crippen LogP contribution in [0.1, 0.15) is 11.1 Å². The summed E-state index contributed by atoms with van der Waals surface area (Å²) in [7, 11) is 1.73. The van der Waals surface area contributed by atoms with E-state index >= 15 is 0 Å². The molecule has 0 aromatic heterocycles. The predicted octanol–water partition coefficient (Wildman–Crippen LogP) is 3.85. The van der Waals surface area contributed by atoms with Crippen LogP contribution in [0.15, 0.2) is 70.3 Å². The first-order chi connectivity index (χ1) is 13.0. The van der Waals surface area contributed by atoms with E-state index in [0.29, 0.717) is 25.5 Å². The van der Waals surface area contributed by atoms with Gasteiger partial charge in [0.1, 0.15) is 5.71 Å².